The maximum Gasteiger partial charge on any atom is 0.410 e. The third-order valence-corrected chi connectivity index (χ3v) is 6.25. The molecule has 0 radical (unpaired) electrons. The average molecular weight is 480 g/mol. The van der Waals surface area contributed by atoms with Gasteiger partial charge in [-0.15, -0.1) is 0 Å². The summed E-state index contributed by atoms with van der Waals surface area (Å²) in [7, 11) is 0. The minimum atomic E-state index is -0.554. The minimum absolute atomic E-state index is 0.177. The number of H-pyrrole nitrogens is 1. The van der Waals surface area contributed by atoms with Gasteiger partial charge in [-0.2, -0.15) is 5.26 Å². The number of ether oxygens (including phenoxy) is 1. The summed E-state index contributed by atoms with van der Waals surface area (Å²) in [6.45, 7) is 0.675. The van der Waals surface area contributed by atoms with Crippen molar-refractivity contribution in [2.24, 2.45) is 0 Å². The molecule has 1 saturated heterocycles. The van der Waals surface area contributed by atoms with Gasteiger partial charge >= 0.3 is 6.09 Å². The van der Waals surface area contributed by atoms with Crippen molar-refractivity contribution in [2.75, 3.05) is 11.9 Å². The first kappa shape index (κ1) is 23.1. The van der Waals surface area contributed by atoms with Crippen LogP contribution in [0, 0.1) is 11.3 Å². The van der Waals surface area contributed by atoms with Crippen LogP contribution in [0.2, 0.25) is 0 Å². The molecule has 2 amide bonds. The lowest BCUT2D eigenvalue weighted by atomic mass is 10.1. The number of nitrogens with zero attached hydrogens (tertiary/aromatic N) is 3. The minimum Gasteiger partial charge on any atom is -0.445 e. The fourth-order valence-corrected chi connectivity index (χ4v) is 4.40. The van der Waals surface area contributed by atoms with E-state index in [-0.39, 0.29) is 12.5 Å². The number of aromatic nitrogens is 2. The van der Waals surface area contributed by atoms with Crippen molar-refractivity contribution in [3.63, 3.8) is 0 Å². The van der Waals surface area contributed by atoms with Gasteiger partial charge in [0, 0.05) is 18.7 Å². The first-order chi connectivity index (χ1) is 17.6. The molecule has 180 valence electrons. The Balaban J connectivity index is 1.18. The summed E-state index contributed by atoms with van der Waals surface area (Å²) >= 11 is 0. The van der Waals surface area contributed by atoms with Crippen molar-refractivity contribution in [2.45, 2.75) is 31.9 Å². The molecule has 3 aromatic carbocycles. The second kappa shape index (κ2) is 10.3. The smallest absolute Gasteiger partial charge is 0.410 e. The molecule has 1 aliphatic heterocycles. The molecule has 1 atom stereocenters. The van der Waals surface area contributed by atoms with Crippen LogP contribution in [0.15, 0.2) is 72.8 Å². The number of hydrogen-bond donors (Lipinski definition) is 2. The first-order valence-corrected chi connectivity index (χ1v) is 11.8. The molecule has 5 rings (SSSR count). The summed E-state index contributed by atoms with van der Waals surface area (Å²) in [5.74, 6) is 0.579. The van der Waals surface area contributed by atoms with Gasteiger partial charge in [-0.3, -0.25) is 9.69 Å². The lowest BCUT2D eigenvalue weighted by Crippen LogP contribution is -2.43. The summed E-state index contributed by atoms with van der Waals surface area (Å²) in [5, 5.41) is 12.0. The van der Waals surface area contributed by atoms with Crippen LogP contribution >= 0.6 is 0 Å². The maximum absolute atomic E-state index is 12.9. The fraction of sp³-hybridized carbons (Fsp3) is 0.214. The molecular weight excluding hydrogens is 454 g/mol. The summed E-state index contributed by atoms with van der Waals surface area (Å²) in [4.78, 5) is 34.9. The topological polar surface area (TPSA) is 111 Å². The first-order valence-electron chi connectivity index (χ1n) is 11.8. The zero-order valence-electron chi connectivity index (χ0n) is 19.6. The number of carbonyl (C=O) groups excluding carboxylic acids is 2. The van der Waals surface area contributed by atoms with E-state index in [0.29, 0.717) is 30.6 Å². The summed E-state index contributed by atoms with van der Waals surface area (Å²) in [6, 6.07) is 24.0. The molecule has 0 bridgehead atoms. The molecule has 1 unspecified atom stereocenters. The van der Waals surface area contributed by atoms with E-state index in [4.69, 9.17) is 10.00 Å². The number of hydrogen-bond acceptors (Lipinski definition) is 5. The Hall–Kier alpha value is -4.64. The summed E-state index contributed by atoms with van der Waals surface area (Å²) in [5.41, 5.74) is 4.82. The van der Waals surface area contributed by atoms with Crippen molar-refractivity contribution in [1.29, 1.82) is 5.26 Å². The second-order valence-electron chi connectivity index (χ2n) is 8.78. The summed E-state index contributed by atoms with van der Waals surface area (Å²) in [6.07, 6.45) is 1.48. The number of benzene rings is 3. The highest BCUT2D eigenvalue weighted by molar-refractivity contribution is 5.96. The maximum atomic E-state index is 12.9. The number of nitrogens with one attached hydrogen (secondary N) is 2. The molecule has 0 spiro atoms. The molecule has 1 fully saturated rings. The molecule has 1 aromatic heterocycles. The van der Waals surface area contributed by atoms with Crippen molar-refractivity contribution in [3.05, 3.63) is 95.3 Å². The van der Waals surface area contributed by atoms with Crippen LogP contribution in [-0.4, -0.2) is 39.5 Å². The van der Waals surface area contributed by atoms with Crippen LogP contribution in [0.5, 0.6) is 0 Å². The Labute approximate surface area is 208 Å². The molecule has 2 heterocycles. The lowest BCUT2D eigenvalue weighted by Gasteiger charge is -2.23. The fourth-order valence-electron chi connectivity index (χ4n) is 4.40. The van der Waals surface area contributed by atoms with Crippen LogP contribution in [0.25, 0.3) is 11.0 Å². The number of amides is 2. The third-order valence-electron chi connectivity index (χ3n) is 6.25. The van der Waals surface area contributed by atoms with Crippen LogP contribution in [0.4, 0.5) is 10.5 Å². The molecule has 1 aliphatic rings. The lowest BCUT2D eigenvalue weighted by molar-refractivity contribution is -0.120. The molecular formula is C28H25N5O3. The Morgan fingerprint density at radius 2 is 1.89 bits per heavy atom. The van der Waals surface area contributed by atoms with Crippen molar-refractivity contribution in [1.82, 2.24) is 14.9 Å². The van der Waals surface area contributed by atoms with Crippen LogP contribution < -0.4 is 5.32 Å². The van der Waals surface area contributed by atoms with Crippen LogP contribution in [0.1, 0.15) is 35.4 Å². The van der Waals surface area contributed by atoms with Crippen molar-refractivity contribution < 1.29 is 14.3 Å². The quantitative estimate of drug-likeness (QED) is 0.414. The molecule has 8 nitrogen and oxygen atoms in total. The predicted molar refractivity (Wildman–Crippen MR) is 135 cm³/mol. The van der Waals surface area contributed by atoms with E-state index in [1.807, 2.05) is 60.7 Å². The highest BCUT2D eigenvalue weighted by Crippen LogP contribution is 2.22. The van der Waals surface area contributed by atoms with Gasteiger partial charge < -0.3 is 15.0 Å². The molecule has 2 N–H and O–H groups in total. The third kappa shape index (κ3) is 5.20. The Morgan fingerprint density at radius 3 is 2.67 bits per heavy atom. The van der Waals surface area contributed by atoms with Gasteiger partial charge in [0.05, 0.1) is 22.7 Å². The second-order valence-corrected chi connectivity index (χ2v) is 8.78. The number of imidazole rings is 1. The molecule has 4 aromatic rings. The molecule has 8 heteroatoms. The standard InChI is InChI=1S/C28H25N5O3/c29-17-21-10-13-23-24(15-21)32-26(31-23)16-19-8-11-22(12-9-19)30-27(34)25-7-4-14-33(25)28(35)36-18-20-5-2-1-3-6-20/h1-3,5-6,8-13,15,25H,4,7,14,16,18H2,(H,30,34)(H,31,32). The number of nitriles is 1. The van der Waals surface area contributed by atoms with E-state index < -0.39 is 12.1 Å². The van der Waals surface area contributed by atoms with E-state index >= 15 is 0 Å². The van der Waals surface area contributed by atoms with Gasteiger partial charge in [0.1, 0.15) is 18.5 Å². The number of anilines is 1. The van der Waals surface area contributed by atoms with Gasteiger partial charge in [0.2, 0.25) is 5.91 Å². The number of likely N-dealkylation sites (tertiary alicyclic amines) is 1. The Morgan fingerprint density at radius 1 is 1.08 bits per heavy atom. The monoisotopic (exact) mass is 479 g/mol. The highest BCUT2D eigenvalue weighted by atomic mass is 16.6. The Kier molecular flexibility index (Phi) is 6.63. The predicted octanol–water partition coefficient (Wildman–Crippen LogP) is 4.77. The van der Waals surface area contributed by atoms with Crippen LogP contribution in [0.3, 0.4) is 0 Å². The number of aromatic amines is 1. The van der Waals surface area contributed by atoms with Crippen LogP contribution in [-0.2, 0) is 22.6 Å². The van der Waals surface area contributed by atoms with E-state index in [1.54, 1.807) is 12.1 Å². The van der Waals surface area contributed by atoms with E-state index in [1.165, 1.54) is 4.90 Å². The van der Waals surface area contributed by atoms with Gasteiger partial charge in [-0.05, 0) is 54.3 Å². The number of carbonyl (C=O) groups is 2. The normalized spacial score (nSPS) is 15.0. The number of fused-ring (bicyclic) bond motifs is 1. The van der Waals surface area contributed by atoms with Crippen molar-refractivity contribution in [3.8, 4) is 6.07 Å². The number of rotatable bonds is 6. The molecule has 36 heavy (non-hydrogen) atoms. The van der Waals surface area contributed by atoms with Gasteiger partial charge in [-0.1, -0.05) is 42.5 Å². The van der Waals surface area contributed by atoms with E-state index in [2.05, 4.69) is 21.4 Å². The van der Waals surface area contributed by atoms with Gasteiger partial charge in [0.25, 0.3) is 0 Å². The zero-order valence-corrected chi connectivity index (χ0v) is 19.6. The average Bonchev–Trinajstić information content (AvgIpc) is 3.55. The zero-order chi connectivity index (χ0) is 24.9. The van der Waals surface area contributed by atoms with E-state index in [9.17, 15) is 9.59 Å². The van der Waals surface area contributed by atoms with E-state index in [0.717, 1.165) is 34.4 Å². The van der Waals surface area contributed by atoms with Crippen molar-refractivity contribution >= 4 is 28.7 Å². The highest BCUT2D eigenvalue weighted by Gasteiger charge is 2.35. The Bertz CT molecular complexity index is 1420. The SMILES string of the molecule is N#Cc1ccc2[nH]c(Cc3ccc(NC(=O)C4CCCN4C(=O)OCc4ccccc4)cc3)nc2c1. The largest absolute Gasteiger partial charge is 0.445 e. The molecule has 0 saturated carbocycles. The van der Waals surface area contributed by atoms with Gasteiger partial charge in [-0.25, -0.2) is 9.78 Å². The summed E-state index contributed by atoms with van der Waals surface area (Å²) < 4.78 is 5.43. The molecule has 0 aliphatic carbocycles. The van der Waals surface area contributed by atoms with Gasteiger partial charge in [0.15, 0.2) is 0 Å².